The highest BCUT2D eigenvalue weighted by molar-refractivity contribution is 8.27. The zero-order chi connectivity index (χ0) is 24.9. The summed E-state index contributed by atoms with van der Waals surface area (Å²) in [7, 11) is 1.53. The van der Waals surface area contributed by atoms with Crippen molar-refractivity contribution >= 4 is 69.2 Å². The van der Waals surface area contributed by atoms with E-state index in [0.29, 0.717) is 55.4 Å². The van der Waals surface area contributed by atoms with E-state index in [4.69, 9.17) is 49.6 Å². The fourth-order valence-electron chi connectivity index (χ4n) is 3.41. The zero-order valence-electron chi connectivity index (χ0n) is 18.9. The van der Waals surface area contributed by atoms with Gasteiger partial charge in [0.2, 0.25) is 0 Å². The average molecular weight is 546 g/mol. The van der Waals surface area contributed by atoms with E-state index in [2.05, 4.69) is 0 Å². The number of rotatable bonds is 8. The zero-order valence-corrected chi connectivity index (χ0v) is 22.1. The molecule has 5 nitrogen and oxygen atoms in total. The third-order valence-electron chi connectivity index (χ3n) is 5.09. The van der Waals surface area contributed by atoms with Crippen LogP contribution in [-0.4, -0.2) is 23.9 Å². The molecule has 9 heteroatoms. The van der Waals surface area contributed by atoms with Crippen LogP contribution in [0.25, 0.3) is 6.08 Å². The van der Waals surface area contributed by atoms with Crippen LogP contribution in [-0.2, 0) is 11.4 Å². The summed E-state index contributed by atoms with van der Waals surface area (Å²) in [6.45, 7) is 2.67. The van der Waals surface area contributed by atoms with Crippen LogP contribution < -0.4 is 19.1 Å². The fraction of sp³-hybridized carbons (Fsp3) is 0.154. The van der Waals surface area contributed by atoms with Crippen LogP contribution in [0.2, 0.25) is 10.0 Å². The van der Waals surface area contributed by atoms with E-state index in [0.717, 1.165) is 11.1 Å². The van der Waals surface area contributed by atoms with Gasteiger partial charge in [0.25, 0.3) is 5.91 Å². The van der Waals surface area contributed by atoms with E-state index in [1.807, 2.05) is 49.4 Å². The monoisotopic (exact) mass is 545 g/mol. The van der Waals surface area contributed by atoms with Crippen LogP contribution >= 0.6 is 47.2 Å². The van der Waals surface area contributed by atoms with Gasteiger partial charge in [-0.15, -0.1) is 0 Å². The van der Waals surface area contributed by atoms with Crippen molar-refractivity contribution in [2.75, 3.05) is 18.6 Å². The van der Waals surface area contributed by atoms with E-state index in [-0.39, 0.29) is 5.91 Å². The molecule has 0 atom stereocenters. The van der Waals surface area contributed by atoms with Crippen LogP contribution in [0.5, 0.6) is 17.2 Å². The molecule has 4 rings (SSSR count). The summed E-state index contributed by atoms with van der Waals surface area (Å²) >= 11 is 19.2. The van der Waals surface area contributed by atoms with Gasteiger partial charge in [0.05, 0.1) is 29.3 Å². The first-order valence-corrected chi connectivity index (χ1v) is 12.6. The number of methoxy groups -OCH3 is 1. The Hall–Kier alpha value is -2.71. The Balaban J connectivity index is 1.56. The largest absolute Gasteiger partial charge is 0.495 e. The Labute approximate surface area is 223 Å². The summed E-state index contributed by atoms with van der Waals surface area (Å²) in [6, 6.07) is 18.1. The Morgan fingerprint density at radius 1 is 0.971 bits per heavy atom. The molecule has 0 aromatic heterocycles. The van der Waals surface area contributed by atoms with Crippen LogP contribution in [0.4, 0.5) is 5.69 Å². The number of thioether (sulfide) groups is 1. The number of anilines is 1. The molecule has 1 aliphatic heterocycles. The summed E-state index contributed by atoms with van der Waals surface area (Å²) in [4.78, 5) is 15.1. The maximum Gasteiger partial charge on any atom is 0.270 e. The fourth-order valence-corrected chi connectivity index (χ4v) is 5.15. The van der Waals surface area contributed by atoms with Gasteiger partial charge in [-0.05, 0) is 55.0 Å². The molecule has 0 spiro atoms. The van der Waals surface area contributed by atoms with Gasteiger partial charge in [-0.1, -0.05) is 71.4 Å². The topological polar surface area (TPSA) is 48.0 Å². The molecule has 0 unspecified atom stereocenters. The molecule has 3 aromatic rings. The van der Waals surface area contributed by atoms with Crippen molar-refractivity contribution in [3.05, 3.63) is 86.7 Å². The normalized spacial score (nSPS) is 14.5. The highest BCUT2D eigenvalue weighted by atomic mass is 35.5. The van der Waals surface area contributed by atoms with Crippen LogP contribution in [0.1, 0.15) is 18.1 Å². The van der Waals surface area contributed by atoms with Gasteiger partial charge in [0.15, 0.2) is 15.8 Å². The summed E-state index contributed by atoms with van der Waals surface area (Å²) in [5.74, 6) is 1.46. The quantitative estimate of drug-likeness (QED) is 0.217. The number of nitrogens with zero attached hydrogens (tertiary/aromatic N) is 1. The highest BCUT2D eigenvalue weighted by Gasteiger charge is 2.33. The molecule has 1 aliphatic rings. The molecule has 0 saturated carbocycles. The van der Waals surface area contributed by atoms with Gasteiger partial charge in [-0.2, -0.15) is 0 Å². The number of ether oxygens (including phenoxy) is 3. The molecule has 1 saturated heterocycles. The van der Waals surface area contributed by atoms with E-state index in [1.54, 1.807) is 24.3 Å². The third-order valence-corrected chi connectivity index (χ3v) is 7.06. The second kappa shape index (κ2) is 11.4. The van der Waals surface area contributed by atoms with Gasteiger partial charge >= 0.3 is 0 Å². The molecule has 3 aromatic carbocycles. The van der Waals surface area contributed by atoms with Gasteiger partial charge in [0.1, 0.15) is 12.4 Å². The van der Waals surface area contributed by atoms with Gasteiger partial charge in [0, 0.05) is 10.6 Å². The van der Waals surface area contributed by atoms with Crippen molar-refractivity contribution in [3.63, 3.8) is 0 Å². The predicted molar refractivity (Wildman–Crippen MR) is 147 cm³/mol. The molecular formula is C26H21Cl2NO4S2. The summed E-state index contributed by atoms with van der Waals surface area (Å²) in [5, 5.41) is 1.04. The molecular weight excluding hydrogens is 525 g/mol. The van der Waals surface area contributed by atoms with Crippen molar-refractivity contribution in [3.8, 4) is 17.2 Å². The lowest BCUT2D eigenvalue weighted by molar-refractivity contribution is -0.113. The lowest BCUT2D eigenvalue weighted by Gasteiger charge is -2.15. The highest BCUT2D eigenvalue weighted by Crippen LogP contribution is 2.39. The average Bonchev–Trinajstić information content (AvgIpc) is 3.12. The molecule has 1 fully saturated rings. The van der Waals surface area contributed by atoms with Crippen LogP contribution in [0.3, 0.4) is 0 Å². The van der Waals surface area contributed by atoms with Crippen LogP contribution in [0, 0.1) is 0 Å². The Bertz CT molecular complexity index is 1310. The molecule has 1 amide bonds. The van der Waals surface area contributed by atoms with Crippen molar-refractivity contribution < 1.29 is 19.0 Å². The van der Waals surface area contributed by atoms with Gasteiger partial charge in [-0.3, -0.25) is 9.69 Å². The minimum atomic E-state index is -0.224. The first-order chi connectivity index (χ1) is 16.9. The number of thiocarbonyl (C=S) groups is 1. The van der Waals surface area contributed by atoms with Gasteiger partial charge < -0.3 is 14.2 Å². The van der Waals surface area contributed by atoms with E-state index >= 15 is 0 Å². The maximum absolute atomic E-state index is 13.2. The first-order valence-electron chi connectivity index (χ1n) is 10.7. The van der Waals surface area contributed by atoms with Crippen molar-refractivity contribution in [2.24, 2.45) is 0 Å². The number of hydrogen-bond acceptors (Lipinski definition) is 6. The SMILES string of the molecule is CCOc1cc(/C=C2/SC(=S)N(c3ccc(OC)c(Cl)c3)C2=O)ccc1OCc1ccccc1Cl. The Kier molecular flexibility index (Phi) is 8.23. The second-order valence-corrected chi connectivity index (χ2v) is 9.85. The molecule has 0 radical (unpaired) electrons. The number of hydrogen-bond donors (Lipinski definition) is 0. The Morgan fingerprint density at radius 3 is 2.46 bits per heavy atom. The Morgan fingerprint density at radius 2 is 1.74 bits per heavy atom. The molecule has 0 aliphatic carbocycles. The maximum atomic E-state index is 13.2. The molecule has 180 valence electrons. The number of halogens is 2. The minimum absolute atomic E-state index is 0.224. The van der Waals surface area contributed by atoms with Gasteiger partial charge in [-0.25, -0.2) is 0 Å². The number of benzene rings is 3. The van der Waals surface area contributed by atoms with E-state index in [1.165, 1.54) is 23.8 Å². The third kappa shape index (κ3) is 5.76. The minimum Gasteiger partial charge on any atom is -0.495 e. The summed E-state index contributed by atoms with van der Waals surface area (Å²) in [5.41, 5.74) is 2.25. The molecule has 1 heterocycles. The van der Waals surface area contributed by atoms with E-state index < -0.39 is 0 Å². The number of carbonyl (C=O) groups is 1. The molecule has 0 bridgehead atoms. The lowest BCUT2D eigenvalue weighted by Crippen LogP contribution is -2.27. The van der Waals surface area contributed by atoms with Crippen molar-refractivity contribution in [1.82, 2.24) is 0 Å². The standard InChI is InChI=1S/C26H21Cl2NO4S2/c1-3-32-23-12-16(8-10-22(23)33-15-17-6-4-5-7-19(17)27)13-24-25(30)29(26(34)35-24)18-9-11-21(31-2)20(28)14-18/h4-14H,3,15H2,1-2H3/b24-13+. The first kappa shape index (κ1) is 25.4. The molecule has 0 N–H and O–H groups in total. The van der Waals surface area contributed by atoms with E-state index in [9.17, 15) is 4.79 Å². The lowest BCUT2D eigenvalue weighted by atomic mass is 10.1. The van der Waals surface area contributed by atoms with Crippen molar-refractivity contribution in [2.45, 2.75) is 13.5 Å². The summed E-state index contributed by atoms with van der Waals surface area (Å²) in [6.07, 6.45) is 1.78. The van der Waals surface area contributed by atoms with Crippen molar-refractivity contribution in [1.29, 1.82) is 0 Å². The summed E-state index contributed by atoms with van der Waals surface area (Å²) < 4.78 is 17.4. The predicted octanol–water partition coefficient (Wildman–Crippen LogP) is 7.39. The molecule has 35 heavy (non-hydrogen) atoms. The second-order valence-electron chi connectivity index (χ2n) is 7.36. The number of carbonyl (C=O) groups excluding carboxylic acids is 1. The smallest absolute Gasteiger partial charge is 0.270 e. The number of amides is 1. The van der Waals surface area contributed by atoms with Crippen LogP contribution in [0.15, 0.2) is 65.6 Å².